The zero-order valence-electron chi connectivity index (χ0n) is 9.58. The smallest absolute Gasteiger partial charge is 0.336 e. The van der Waals surface area contributed by atoms with Gasteiger partial charge in [0.1, 0.15) is 11.6 Å². The van der Waals surface area contributed by atoms with E-state index in [1.54, 1.807) is 13.0 Å². The van der Waals surface area contributed by atoms with Gasteiger partial charge in [-0.25, -0.2) is 13.6 Å². The van der Waals surface area contributed by atoms with E-state index in [0.29, 0.717) is 11.1 Å². The van der Waals surface area contributed by atoms with Gasteiger partial charge < -0.3 is 5.11 Å². The van der Waals surface area contributed by atoms with Gasteiger partial charge in [-0.15, -0.1) is 0 Å². The number of aryl methyl sites for hydroxylation is 1. The summed E-state index contributed by atoms with van der Waals surface area (Å²) in [5.74, 6) is -2.34. The summed E-state index contributed by atoms with van der Waals surface area (Å²) in [6.45, 7) is 1.74. The van der Waals surface area contributed by atoms with Crippen molar-refractivity contribution in [3.05, 3.63) is 59.2 Å². The summed E-state index contributed by atoms with van der Waals surface area (Å²) in [6.07, 6.45) is 0. The maximum atomic E-state index is 13.2. The van der Waals surface area contributed by atoms with Crippen LogP contribution in [0.4, 0.5) is 8.78 Å². The van der Waals surface area contributed by atoms with Crippen LogP contribution >= 0.6 is 0 Å². The van der Waals surface area contributed by atoms with E-state index < -0.39 is 17.6 Å². The highest BCUT2D eigenvalue weighted by Crippen LogP contribution is 2.28. The van der Waals surface area contributed by atoms with Crippen molar-refractivity contribution < 1.29 is 18.7 Å². The molecule has 0 atom stereocenters. The van der Waals surface area contributed by atoms with Crippen molar-refractivity contribution in [3.63, 3.8) is 0 Å². The quantitative estimate of drug-likeness (QED) is 0.880. The van der Waals surface area contributed by atoms with Crippen LogP contribution in [0.1, 0.15) is 15.9 Å². The Morgan fingerprint density at radius 3 is 2.28 bits per heavy atom. The molecule has 0 amide bonds. The third-order valence-corrected chi connectivity index (χ3v) is 2.70. The zero-order valence-corrected chi connectivity index (χ0v) is 9.58. The number of benzene rings is 2. The molecule has 0 spiro atoms. The molecule has 2 nitrogen and oxygen atoms in total. The molecule has 0 bridgehead atoms. The Morgan fingerprint density at radius 1 is 1.00 bits per heavy atom. The van der Waals surface area contributed by atoms with Crippen LogP contribution in [0.5, 0.6) is 0 Å². The second-order valence-corrected chi connectivity index (χ2v) is 3.95. The summed E-state index contributed by atoms with van der Waals surface area (Å²) in [6, 6.07) is 7.53. The largest absolute Gasteiger partial charge is 0.478 e. The van der Waals surface area contributed by atoms with E-state index in [4.69, 9.17) is 5.11 Å². The Morgan fingerprint density at radius 2 is 1.61 bits per heavy atom. The van der Waals surface area contributed by atoms with Crippen molar-refractivity contribution >= 4 is 5.97 Å². The number of carboxylic acid groups (broad SMARTS) is 1. The molecule has 0 heterocycles. The summed E-state index contributed by atoms with van der Waals surface area (Å²) < 4.78 is 26.3. The number of halogens is 2. The molecule has 2 aromatic carbocycles. The van der Waals surface area contributed by atoms with Crippen molar-refractivity contribution in [2.24, 2.45) is 0 Å². The highest BCUT2D eigenvalue weighted by atomic mass is 19.1. The second-order valence-electron chi connectivity index (χ2n) is 3.95. The fourth-order valence-electron chi connectivity index (χ4n) is 1.81. The molecule has 2 rings (SSSR count). The van der Waals surface area contributed by atoms with Gasteiger partial charge in [0.05, 0.1) is 5.56 Å². The van der Waals surface area contributed by atoms with Crippen LogP contribution in [0.3, 0.4) is 0 Å². The molecule has 0 fully saturated rings. The molecule has 18 heavy (non-hydrogen) atoms. The lowest BCUT2D eigenvalue weighted by molar-refractivity contribution is 0.0697. The number of hydrogen-bond donors (Lipinski definition) is 1. The molecular formula is C14H10F2O2. The van der Waals surface area contributed by atoms with Gasteiger partial charge in [-0.2, -0.15) is 0 Å². The number of carbonyl (C=O) groups is 1. The van der Waals surface area contributed by atoms with Crippen LogP contribution < -0.4 is 0 Å². The minimum atomic E-state index is -1.24. The van der Waals surface area contributed by atoms with E-state index in [0.717, 1.165) is 17.7 Å². The average Bonchev–Trinajstić information content (AvgIpc) is 2.32. The van der Waals surface area contributed by atoms with Crippen LogP contribution in [-0.4, -0.2) is 11.1 Å². The van der Waals surface area contributed by atoms with Gasteiger partial charge in [-0.05, 0) is 47.9 Å². The van der Waals surface area contributed by atoms with Crippen LogP contribution in [0, 0.1) is 18.6 Å². The number of aromatic carboxylic acids is 1. The molecular weight excluding hydrogens is 238 g/mol. The molecule has 0 aliphatic rings. The summed E-state index contributed by atoms with van der Waals surface area (Å²) >= 11 is 0. The minimum Gasteiger partial charge on any atom is -0.478 e. The van der Waals surface area contributed by atoms with Crippen molar-refractivity contribution in [2.45, 2.75) is 6.92 Å². The van der Waals surface area contributed by atoms with E-state index in [9.17, 15) is 13.6 Å². The topological polar surface area (TPSA) is 37.3 Å². The van der Waals surface area contributed by atoms with E-state index in [2.05, 4.69) is 0 Å². The van der Waals surface area contributed by atoms with Gasteiger partial charge in [0, 0.05) is 0 Å². The van der Waals surface area contributed by atoms with Crippen LogP contribution in [-0.2, 0) is 0 Å². The number of hydrogen-bond acceptors (Lipinski definition) is 1. The lowest BCUT2D eigenvalue weighted by Gasteiger charge is -2.09. The zero-order chi connectivity index (χ0) is 13.3. The molecule has 1 N–H and O–H groups in total. The third-order valence-electron chi connectivity index (χ3n) is 2.70. The average molecular weight is 248 g/mol. The molecule has 0 unspecified atom stereocenters. The fraction of sp³-hybridized carbons (Fsp3) is 0.0714. The molecule has 2 aromatic rings. The molecule has 0 saturated heterocycles. The first-order valence-corrected chi connectivity index (χ1v) is 5.28. The maximum Gasteiger partial charge on any atom is 0.336 e. The second kappa shape index (κ2) is 4.56. The minimum absolute atomic E-state index is 0.177. The van der Waals surface area contributed by atoms with Crippen molar-refractivity contribution in [1.82, 2.24) is 0 Å². The lowest BCUT2D eigenvalue weighted by atomic mass is 9.96. The molecule has 0 aromatic heterocycles. The predicted octanol–water partition coefficient (Wildman–Crippen LogP) is 3.64. The van der Waals surface area contributed by atoms with E-state index >= 15 is 0 Å². The van der Waals surface area contributed by atoms with E-state index in [1.807, 2.05) is 0 Å². The normalized spacial score (nSPS) is 10.4. The standard InChI is InChI=1S/C14H10F2O2/c1-8-2-3-9(15)6-12(8)11-5-4-10(16)7-13(11)14(17)18/h2-7H,1H3,(H,17,18). The fourth-order valence-corrected chi connectivity index (χ4v) is 1.81. The Hall–Kier alpha value is -2.23. The molecule has 0 radical (unpaired) electrons. The Bertz CT molecular complexity index is 621. The monoisotopic (exact) mass is 248 g/mol. The summed E-state index contributed by atoms with van der Waals surface area (Å²) in [4.78, 5) is 11.1. The van der Waals surface area contributed by atoms with Gasteiger partial charge in [0.2, 0.25) is 0 Å². The predicted molar refractivity (Wildman–Crippen MR) is 63.5 cm³/mol. The SMILES string of the molecule is Cc1ccc(F)cc1-c1ccc(F)cc1C(=O)O. The lowest BCUT2D eigenvalue weighted by Crippen LogP contribution is -2.01. The van der Waals surface area contributed by atoms with Gasteiger partial charge in [0.25, 0.3) is 0 Å². The molecule has 4 heteroatoms. The number of carboxylic acids is 1. The molecule has 0 aliphatic carbocycles. The molecule has 92 valence electrons. The van der Waals surface area contributed by atoms with Crippen LogP contribution in [0.15, 0.2) is 36.4 Å². The Kier molecular flexibility index (Phi) is 3.10. The summed E-state index contributed by atoms with van der Waals surface area (Å²) in [5, 5.41) is 9.05. The van der Waals surface area contributed by atoms with Gasteiger partial charge in [0.15, 0.2) is 0 Å². The van der Waals surface area contributed by atoms with Crippen LogP contribution in [0.2, 0.25) is 0 Å². The van der Waals surface area contributed by atoms with Gasteiger partial charge in [-0.1, -0.05) is 12.1 Å². The van der Waals surface area contributed by atoms with Gasteiger partial charge >= 0.3 is 5.97 Å². The van der Waals surface area contributed by atoms with E-state index in [1.165, 1.54) is 18.2 Å². The Balaban J connectivity index is 2.70. The third kappa shape index (κ3) is 2.22. The Labute approximate surface area is 103 Å². The highest BCUT2D eigenvalue weighted by molar-refractivity contribution is 5.96. The van der Waals surface area contributed by atoms with Crippen LogP contribution in [0.25, 0.3) is 11.1 Å². The number of rotatable bonds is 2. The molecule has 0 aliphatic heterocycles. The highest BCUT2D eigenvalue weighted by Gasteiger charge is 2.14. The van der Waals surface area contributed by atoms with Crippen molar-refractivity contribution in [2.75, 3.05) is 0 Å². The first-order chi connectivity index (χ1) is 8.49. The first kappa shape index (κ1) is 12.2. The van der Waals surface area contributed by atoms with Crippen molar-refractivity contribution in [1.29, 1.82) is 0 Å². The molecule has 0 saturated carbocycles. The van der Waals surface area contributed by atoms with Gasteiger partial charge in [-0.3, -0.25) is 0 Å². The summed E-state index contributed by atoms with van der Waals surface area (Å²) in [5.41, 5.74) is 1.31. The first-order valence-electron chi connectivity index (χ1n) is 5.28. The summed E-state index contributed by atoms with van der Waals surface area (Å²) in [7, 11) is 0. The van der Waals surface area contributed by atoms with E-state index in [-0.39, 0.29) is 5.56 Å². The van der Waals surface area contributed by atoms with Crippen molar-refractivity contribution in [3.8, 4) is 11.1 Å². The maximum absolute atomic E-state index is 13.2.